The highest BCUT2D eigenvalue weighted by Gasteiger charge is 2.06. The van der Waals surface area contributed by atoms with Crippen LogP contribution in [0.15, 0.2) is 48.5 Å². The van der Waals surface area contributed by atoms with E-state index in [9.17, 15) is 15.4 Å². The van der Waals surface area contributed by atoms with Gasteiger partial charge in [-0.05, 0) is 48.4 Å². The highest BCUT2D eigenvalue weighted by atomic mass is 16.6. The Hall–Kier alpha value is -3.13. The summed E-state index contributed by atoms with van der Waals surface area (Å²) >= 11 is 0. The molecule has 0 amide bonds. The first-order chi connectivity index (χ1) is 10.6. The molecular formula is C17H14N2O3. The molecule has 0 bridgehead atoms. The van der Waals surface area contributed by atoms with Crippen LogP contribution in [0.2, 0.25) is 0 Å². The summed E-state index contributed by atoms with van der Waals surface area (Å²) < 4.78 is 5.36. The predicted octanol–water partition coefficient (Wildman–Crippen LogP) is 4.06. The molecule has 0 aromatic heterocycles. The molecule has 0 heterocycles. The molecule has 0 aliphatic heterocycles. The molecule has 2 aromatic rings. The largest absolute Gasteiger partial charge is 0.494 e. The monoisotopic (exact) mass is 294 g/mol. The van der Waals surface area contributed by atoms with Crippen LogP contribution in [-0.4, -0.2) is 11.5 Å². The minimum atomic E-state index is -0.466. The van der Waals surface area contributed by atoms with Crippen molar-refractivity contribution in [3.63, 3.8) is 0 Å². The minimum absolute atomic E-state index is 0.00195. The third-order valence-corrected chi connectivity index (χ3v) is 3.01. The molecule has 0 unspecified atom stereocenters. The SMILES string of the molecule is CCOc1ccc(/C=C(/C#N)c2ccc([N+](=O)[O-])cc2)cc1. The van der Waals surface area contributed by atoms with Crippen LogP contribution in [-0.2, 0) is 0 Å². The number of non-ortho nitro benzene ring substituents is 1. The quantitative estimate of drug-likeness (QED) is 0.360. The summed E-state index contributed by atoms with van der Waals surface area (Å²) in [7, 11) is 0. The lowest BCUT2D eigenvalue weighted by molar-refractivity contribution is -0.384. The van der Waals surface area contributed by atoms with Crippen LogP contribution >= 0.6 is 0 Å². The van der Waals surface area contributed by atoms with Gasteiger partial charge < -0.3 is 4.74 Å². The normalized spacial score (nSPS) is 10.8. The Kier molecular flexibility index (Phi) is 4.89. The molecule has 0 aliphatic carbocycles. The van der Waals surface area contributed by atoms with Crippen molar-refractivity contribution in [2.75, 3.05) is 6.61 Å². The van der Waals surface area contributed by atoms with E-state index < -0.39 is 4.92 Å². The van der Waals surface area contributed by atoms with Gasteiger partial charge in [-0.25, -0.2) is 0 Å². The van der Waals surface area contributed by atoms with Gasteiger partial charge in [-0.15, -0.1) is 0 Å². The summed E-state index contributed by atoms with van der Waals surface area (Å²) in [5.41, 5.74) is 1.95. The van der Waals surface area contributed by atoms with Crippen molar-refractivity contribution in [2.45, 2.75) is 6.92 Å². The number of ether oxygens (including phenoxy) is 1. The van der Waals surface area contributed by atoms with Gasteiger partial charge in [0.25, 0.3) is 5.69 Å². The van der Waals surface area contributed by atoms with Crippen LogP contribution in [0.4, 0.5) is 5.69 Å². The van der Waals surface area contributed by atoms with Crippen molar-refractivity contribution in [1.82, 2.24) is 0 Å². The van der Waals surface area contributed by atoms with Crippen molar-refractivity contribution in [3.8, 4) is 11.8 Å². The van der Waals surface area contributed by atoms with Crippen molar-refractivity contribution in [3.05, 3.63) is 69.8 Å². The fraction of sp³-hybridized carbons (Fsp3) is 0.118. The van der Waals surface area contributed by atoms with Crippen molar-refractivity contribution in [1.29, 1.82) is 5.26 Å². The van der Waals surface area contributed by atoms with E-state index in [1.807, 2.05) is 31.2 Å². The second-order valence-electron chi connectivity index (χ2n) is 4.48. The van der Waals surface area contributed by atoms with Gasteiger partial charge in [-0.3, -0.25) is 10.1 Å². The van der Waals surface area contributed by atoms with Crippen LogP contribution < -0.4 is 4.74 Å². The number of nitrogens with zero attached hydrogens (tertiary/aromatic N) is 2. The van der Waals surface area contributed by atoms with Gasteiger partial charge in [0.05, 0.1) is 23.2 Å². The van der Waals surface area contributed by atoms with Crippen LogP contribution in [0.1, 0.15) is 18.1 Å². The number of rotatable bonds is 5. The van der Waals surface area contributed by atoms with E-state index in [0.29, 0.717) is 17.7 Å². The molecule has 0 saturated carbocycles. The van der Waals surface area contributed by atoms with E-state index >= 15 is 0 Å². The molecule has 2 rings (SSSR count). The molecule has 110 valence electrons. The average Bonchev–Trinajstić information content (AvgIpc) is 2.54. The molecule has 0 N–H and O–H groups in total. The maximum Gasteiger partial charge on any atom is 0.269 e. The number of nitro groups is 1. The van der Waals surface area contributed by atoms with Crippen LogP contribution in [0, 0.1) is 21.4 Å². The molecule has 22 heavy (non-hydrogen) atoms. The number of nitriles is 1. The van der Waals surface area contributed by atoms with E-state index in [4.69, 9.17) is 4.74 Å². The molecule has 5 nitrogen and oxygen atoms in total. The lowest BCUT2D eigenvalue weighted by Gasteiger charge is -2.03. The highest BCUT2D eigenvalue weighted by Crippen LogP contribution is 2.22. The maximum atomic E-state index is 10.6. The van der Waals surface area contributed by atoms with E-state index in [1.165, 1.54) is 12.1 Å². The van der Waals surface area contributed by atoms with Gasteiger partial charge in [0.15, 0.2) is 0 Å². The first kappa shape index (κ1) is 15.3. The molecule has 0 aliphatic rings. The van der Waals surface area contributed by atoms with E-state index in [2.05, 4.69) is 6.07 Å². The third-order valence-electron chi connectivity index (χ3n) is 3.01. The van der Waals surface area contributed by atoms with E-state index in [-0.39, 0.29) is 5.69 Å². The lowest BCUT2D eigenvalue weighted by Crippen LogP contribution is -1.90. The smallest absolute Gasteiger partial charge is 0.269 e. The number of hydrogen-bond acceptors (Lipinski definition) is 4. The highest BCUT2D eigenvalue weighted by molar-refractivity contribution is 5.89. The van der Waals surface area contributed by atoms with Crippen molar-refractivity contribution in [2.24, 2.45) is 0 Å². The summed E-state index contributed by atoms with van der Waals surface area (Å²) in [6.45, 7) is 2.51. The topological polar surface area (TPSA) is 76.2 Å². The average molecular weight is 294 g/mol. The summed E-state index contributed by atoms with van der Waals surface area (Å²) in [5.74, 6) is 0.772. The standard InChI is InChI=1S/C17H14N2O3/c1-2-22-17-9-3-13(4-10-17)11-15(12-18)14-5-7-16(8-6-14)19(20)21/h3-11H,2H2,1H3/b15-11-. The first-order valence-corrected chi connectivity index (χ1v) is 6.73. The van der Waals surface area contributed by atoms with Crippen molar-refractivity contribution < 1.29 is 9.66 Å². The molecular weight excluding hydrogens is 280 g/mol. The van der Waals surface area contributed by atoms with Gasteiger partial charge in [0.1, 0.15) is 5.75 Å². The molecule has 0 fully saturated rings. The van der Waals surface area contributed by atoms with Gasteiger partial charge in [-0.1, -0.05) is 12.1 Å². The molecule has 0 saturated heterocycles. The predicted molar refractivity (Wildman–Crippen MR) is 84.2 cm³/mol. The van der Waals surface area contributed by atoms with E-state index in [1.54, 1.807) is 18.2 Å². The van der Waals surface area contributed by atoms with Gasteiger partial charge in [0.2, 0.25) is 0 Å². The Labute approximate surface area is 128 Å². The number of benzene rings is 2. The van der Waals surface area contributed by atoms with Gasteiger partial charge in [0, 0.05) is 12.1 Å². The third kappa shape index (κ3) is 3.70. The Morgan fingerprint density at radius 2 is 1.86 bits per heavy atom. The second-order valence-corrected chi connectivity index (χ2v) is 4.48. The zero-order valence-electron chi connectivity index (χ0n) is 12.0. The number of nitro benzene ring substituents is 1. The van der Waals surface area contributed by atoms with Gasteiger partial charge >= 0.3 is 0 Å². The summed E-state index contributed by atoms with van der Waals surface area (Å²) in [6, 6.07) is 15.4. The fourth-order valence-electron chi connectivity index (χ4n) is 1.94. The number of hydrogen-bond donors (Lipinski definition) is 0. The van der Waals surface area contributed by atoms with Crippen LogP contribution in [0.3, 0.4) is 0 Å². The van der Waals surface area contributed by atoms with Crippen molar-refractivity contribution >= 4 is 17.3 Å². The minimum Gasteiger partial charge on any atom is -0.494 e. The Morgan fingerprint density at radius 3 is 2.36 bits per heavy atom. The molecule has 5 heteroatoms. The zero-order valence-corrected chi connectivity index (χ0v) is 12.0. The maximum absolute atomic E-state index is 10.6. The summed E-state index contributed by atoms with van der Waals surface area (Å²) in [6.07, 6.45) is 1.73. The summed E-state index contributed by atoms with van der Waals surface area (Å²) in [4.78, 5) is 10.2. The first-order valence-electron chi connectivity index (χ1n) is 6.73. The van der Waals surface area contributed by atoms with Crippen LogP contribution in [0.5, 0.6) is 5.75 Å². The fourth-order valence-corrected chi connectivity index (χ4v) is 1.94. The number of allylic oxidation sites excluding steroid dienone is 1. The molecule has 0 atom stereocenters. The molecule has 2 aromatic carbocycles. The summed E-state index contributed by atoms with van der Waals surface area (Å²) in [5, 5.41) is 19.9. The Morgan fingerprint density at radius 1 is 1.23 bits per heavy atom. The Bertz CT molecular complexity index is 726. The second kappa shape index (κ2) is 7.04. The lowest BCUT2D eigenvalue weighted by atomic mass is 10.0. The van der Waals surface area contributed by atoms with Crippen LogP contribution in [0.25, 0.3) is 11.6 Å². The van der Waals surface area contributed by atoms with Gasteiger partial charge in [-0.2, -0.15) is 5.26 Å². The Balaban J connectivity index is 2.27. The zero-order chi connectivity index (χ0) is 15.9. The molecule has 0 spiro atoms. The van der Waals surface area contributed by atoms with E-state index in [0.717, 1.165) is 11.3 Å². The molecule has 0 radical (unpaired) electrons.